The number of amides is 1. The van der Waals surface area contributed by atoms with E-state index in [4.69, 9.17) is 4.74 Å². The van der Waals surface area contributed by atoms with Crippen molar-refractivity contribution in [3.05, 3.63) is 48.2 Å². The first-order valence-electron chi connectivity index (χ1n) is 7.79. The minimum Gasteiger partial charge on any atom is -0.481 e. The zero-order chi connectivity index (χ0) is 18.4. The number of carbonyl (C=O) groups is 1. The Balaban J connectivity index is 2.09. The number of aromatic nitrogens is 1. The fourth-order valence-corrected chi connectivity index (χ4v) is 3.31. The van der Waals surface area contributed by atoms with Crippen LogP contribution in [0.3, 0.4) is 0 Å². The summed E-state index contributed by atoms with van der Waals surface area (Å²) in [4.78, 5) is 16.3. The minimum absolute atomic E-state index is 0.121. The monoisotopic (exact) mass is 363 g/mol. The molecule has 1 amide bonds. The van der Waals surface area contributed by atoms with Crippen LogP contribution in [0.5, 0.6) is 5.88 Å². The zero-order valence-electron chi connectivity index (χ0n) is 14.3. The van der Waals surface area contributed by atoms with Crippen LogP contribution < -0.4 is 14.8 Å². The van der Waals surface area contributed by atoms with E-state index < -0.39 is 10.0 Å². The maximum Gasteiger partial charge on any atom is 0.255 e. The van der Waals surface area contributed by atoms with E-state index in [1.807, 2.05) is 6.92 Å². The Bertz CT molecular complexity index is 818. The van der Waals surface area contributed by atoms with Gasteiger partial charge >= 0.3 is 0 Å². The SMILES string of the molecule is CCC(C)NS(=O)(=O)c1ccc(C(=O)Nc2ccc(OC)nc2)cc1. The molecule has 0 saturated heterocycles. The van der Waals surface area contributed by atoms with Crippen LogP contribution in [0.15, 0.2) is 47.5 Å². The molecule has 1 unspecified atom stereocenters. The first kappa shape index (κ1) is 18.9. The van der Waals surface area contributed by atoms with Gasteiger partial charge in [0.2, 0.25) is 15.9 Å². The van der Waals surface area contributed by atoms with Crippen LogP contribution in [0, 0.1) is 0 Å². The van der Waals surface area contributed by atoms with Gasteiger partial charge in [0.05, 0.1) is 23.9 Å². The summed E-state index contributed by atoms with van der Waals surface area (Å²) in [6.45, 7) is 3.69. The molecular formula is C17H21N3O4S. The van der Waals surface area contributed by atoms with Crippen LogP contribution in [0.4, 0.5) is 5.69 Å². The summed E-state index contributed by atoms with van der Waals surface area (Å²) in [5.74, 6) is 0.0900. The molecule has 2 aromatic rings. The molecule has 0 radical (unpaired) electrons. The number of anilines is 1. The molecule has 1 heterocycles. The Morgan fingerprint density at radius 1 is 1.20 bits per heavy atom. The maximum absolute atomic E-state index is 12.2. The topological polar surface area (TPSA) is 97.4 Å². The lowest BCUT2D eigenvalue weighted by Crippen LogP contribution is -2.32. The number of nitrogens with zero attached hydrogens (tertiary/aromatic N) is 1. The Labute approximate surface area is 147 Å². The van der Waals surface area contributed by atoms with Crippen molar-refractivity contribution >= 4 is 21.6 Å². The molecule has 0 fully saturated rings. The summed E-state index contributed by atoms with van der Waals surface area (Å²) >= 11 is 0. The Morgan fingerprint density at radius 3 is 2.40 bits per heavy atom. The Hall–Kier alpha value is -2.45. The third-order valence-corrected chi connectivity index (χ3v) is 5.20. The smallest absolute Gasteiger partial charge is 0.255 e. The van der Waals surface area contributed by atoms with E-state index in [1.165, 1.54) is 37.6 Å². The van der Waals surface area contributed by atoms with Gasteiger partial charge in [-0.1, -0.05) is 6.92 Å². The number of ether oxygens (including phenoxy) is 1. The van der Waals surface area contributed by atoms with E-state index in [0.717, 1.165) is 0 Å². The lowest BCUT2D eigenvalue weighted by atomic mass is 10.2. The molecule has 2 N–H and O–H groups in total. The number of hydrogen-bond acceptors (Lipinski definition) is 5. The van der Waals surface area contributed by atoms with Crippen molar-refractivity contribution in [3.63, 3.8) is 0 Å². The molecule has 1 atom stereocenters. The largest absolute Gasteiger partial charge is 0.481 e. The molecule has 0 bridgehead atoms. The van der Waals surface area contributed by atoms with Crippen LogP contribution in [0.25, 0.3) is 0 Å². The third kappa shape index (κ3) is 5.01. The summed E-state index contributed by atoms with van der Waals surface area (Å²) in [7, 11) is -2.08. The number of carbonyl (C=O) groups excluding carboxylic acids is 1. The molecule has 0 aliphatic rings. The molecule has 25 heavy (non-hydrogen) atoms. The standard InChI is InChI=1S/C17H21N3O4S/c1-4-12(2)20-25(22,23)15-8-5-13(6-9-15)17(21)19-14-7-10-16(24-3)18-11-14/h5-12,20H,4H2,1-3H3,(H,19,21). The number of hydrogen-bond donors (Lipinski definition) is 2. The van der Waals surface area contributed by atoms with E-state index in [9.17, 15) is 13.2 Å². The van der Waals surface area contributed by atoms with Gasteiger partial charge in [0, 0.05) is 17.7 Å². The fraction of sp³-hybridized carbons (Fsp3) is 0.294. The number of sulfonamides is 1. The first-order chi connectivity index (χ1) is 11.9. The van der Waals surface area contributed by atoms with Crippen molar-refractivity contribution in [1.29, 1.82) is 0 Å². The van der Waals surface area contributed by atoms with Crippen molar-refractivity contribution in [2.75, 3.05) is 12.4 Å². The average Bonchev–Trinajstić information content (AvgIpc) is 2.62. The van der Waals surface area contributed by atoms with Gasteiger partial charge in [-0.2, -0.15) is 0 Å². The number of benzene rings is 1. The fourth-order valence-electron chi connectivity index (χ4n) is 1.98. The van der Waals surface area contributed by atoms with E-state index in [1.54, 1.807) is 19.1 Å². The van der Waals surface area contributed by atoms with Gasteiger partial charge in [0.15, 0.2) is 0 Å². The number of nitrogens with one attached hydrogen (secondary N) is 2. The lowest BCUT2D eigenvalue weighted by Gasteiger charge is -2.12. The van der Waals surface area contributed by atoms with Crippen LogP contribution >= 0.6 is 0 Å². The molecule has 0 spiro atoms. The van der Waals surface area contributed by atoms with Gasteiger partial charge in [-0.15, -0.1) is 0 Å². The summed E-state index contributed by atoms with van der Waals surface area (Å²) in [6.07, 6.45) is 2.17. The average molecular weight is 363 g/mol. The molecule has 7 nitrogen and oxygen atoms in total. The zero-order valence-corrected chi connectivity index (χ0v) is 15.1. The highest BCUT2D eigenvalue weighted by Crippen LogP contribution is 2.15. The summed E-state index contributed by atoms with van der Waals surface area (Å²) in [5.41, 5.74) is 0.860. The van der Waals surface area contributed by atoms with E-state index in [2.05, 4.69) is 15.0 Å². The normalized spacial score (nSPS) is 12.4. The summed E-state index contributed by atoms with van der Waals surface area (Å²) in [5, 5.41) is 2.69. The molecule has 8 heteroatoms. The molecule has 0 saturated carbocycles. The highest BCUT2D eigenvalue weighted by molar-refractivity contribution is 7.89. The van der Waals surface area contributed by atoms with Crippen molar-refractivity contribution in [3.8, 4) is 5.88 Å². The predicted octanol–water partition coefficient (Wildman–Crippen LogP) is 2.42. The van der Waals surface area contributed by atoms with Gasteiger partial charge in [-0.05, 0) is 43.7 Å². The second-order valence-electron chi connectivity index (χ2n) is 5.50. The van der Waals surface area contributed by atoms with Gasteiger partial charge in [-0.25, -0.2) is 18.1 Å². The molecule has 1 aromatic heterocycles. The second kappa shape index (κ2) is 8.09. The van der Waals surface area contributed by atoms with Crippen LogP contribution in [-0.2, 0) is 10.0 Å². The van der Waals surface area contributed by atoms with Crippen molar-refractivity contribution in [2.45, 2.75) is 31.2 Å². The lowest BCUT2D eigenvalue weighted by molar-refractivity contribution is 0.102. The molecule has 0 aliphatic carbocycles. The highest BCUT2D eigenvalue weighted by Gasteiger charge is 2.17. The van der Waals surface area contributed by atoms with Crippen LogP contribution in [-0.4, -0.2) is 32.5 Å². The van der Waals surface area contributed by atoms with E-state index >= 15 is 0 Å². The molecule has 0 aliphatic heterocycles. The third-order valence-electron chi connectivity index (χ3n) is 3.60. The van der Waals surface area contributed by atoms with Crippen molar-refractivity contribution in [1.82, 2.24) is 9.71 Å². The quantitative estimate of drug-likeness (QED) is 0.787. The number of rotatable bonds is 7. The number of methoxy groups -OCH3 is 1. The minimum atomic E-state index is -3.59. The van der Waals surface area contributed by atoms with Crippen LogP contribution in [0.1, 0.15) is 30.6 Å². The van der Waals surface area contributed by atoms with Crippen LogP contribution in [0.2, 0.25) is 0 Å². The van der Waals surface area contributed by atoms with Gasteiger partial charge < -0.3 is 10.1 Å². The molecule has 2 rings (SSSR count). The van der Waals surface area contributed by atoms with E-state index in [0.29, 0.717) is 23.6 Å². The van der Waals surface area contributed by atoms with Crippen molar-refractivity contribution in [2.24, 2.45) is 0 Å². The number of pyridine rings is 1. The highest BCUT2D eigenvalue weighted by atomic mass is 32.2. The van der Waals surface area contributed by atoms with Gasteiger partial charge in [0.1, 0.15) is 0 Å². The maximum atomic E-state index is 12.2. The first-order valence-corrected chi connectivity index (χ1v) is 9.28. The van der Waals surface area contributed by atoms with E-state index in [-0.39, 0.29) is 16.8 Å². The Morgan fingerprint density at radius 2 is 1.88 bits per heavy atom. The molecular weight excluding hydrogens is 342 g/mol. The molecule has 134 valence electrons. The molecule has 1 aromatic carbocycles. The second-order valence-corrected chi connectivity index (χ2v) is 7.21. The summed E-state index contributed by atoms with van der Waals surface area (Å²) in [6, 6.07) is 8.90. The predicted molar refractivity (Wildman–Crippen MR) is 95.3 cm³/mol. The van der Waals surface area contributed by atoms with Gasteiger partial charge in [0.25, 0.3) is 5.91 Å². The van der Waals surface area contributed by atoms with Gasteiger partial charge in [-0.3, -0.25) is 4.79 Å². The van der Waals surface area contributed by atoms with Crippen molar-refractivity contribution < 1.29 is 17.9 Å². The summed E-state index contributed by atoms with van der Waals surface area (Å²) < 4.78 is 31.9. The Kier molecular flexibility index (Phi) is 6.11.